The Bertz CT molecular complexity index is 725. The summed E-state index contributed by atoms with van der Waals surface area (Å²) in [7, 11) is 3.16. The lowest BCUT2D eigenvalue weighted by atomic mass is 10.2. The zero-order valence-electron chi connectivity index (χ0n) is 14.3. The maximum absolute atomic E-state index is 11.9. The standard InChI is InChI=1S/C17H21N3O5/c1-22-11-5-6-12(14(10-11)23-2)16-19-15(25-20-16)7-8-18-17(21)13-4-3-9-24-13/h5-6,10,13H,3-4,7-9H2,1-2H3,(H,18,21). The summed E-state index contributed by atoms with van der Waals surface area (Å²) in [4.78, 5) is 16.2. The van der Waals surface area contributed by atoms with Gasteiger partial charge in [-0.2, -0.15) is 4.98 Å². The highest BCUT2D eigenvalue weighted by Gasteiger charge is 2.23. The number of aromatic nitrogens is 2. The Morgan fingerprint density at radius 2 is 2.24 bits per heavy atom. The number of carbonyl (C=O) groups excluding carboxylic acids is 1. The number of nitrogens with zero attached hydrogens (tertiary/aromatic N) is 2. The van der Waals surface area contributed by atoms with E-state index in [-0.39, 0.29) is 12.0 Å². The molecule has 1 unspecified atom stereocenters. The molecule has 1 fully saturated rings. The van der Waals surface area contributed by atoms with Crippen molar-refractivity contribution in [3.63, 3.8) is 0 Å². The van der Waals surface area contributed by atoms with Crippen molar-refractivity contribution in [3.8, 4) is 22.9 Å². The Labute approximate surface area is 145 Å². The molecule has 1 atom stereocenters. The fraction of sp³-hybridized carbons (Fsp3) is 0.471. The van der Waals surface area contributed by atoms with Crippen molar-refractivity contribution >= 4 is 5.91 Å². The molecule has 1 saturated heterocycles. The molecule has 0 bridgehead atoms. The molecule has 1 aromatic carbocycles. The molecule has 0 spiro atoms. The molecule has 1 aliphatic heterocycles. The summed E-state index contributed by atoms with van der Waals surface area (Å²) >= 11 is 0. The number of amides is 1. The van der Waals surface area contributed by atoms with Gasteiger partial charge in [0.2, 0.25) is 17.6 Å². The number of nitrogens with one attached hydrogen (secondary N) is 1. The Balaban J connectivity index is 1.59. The minimum Gasteiger partial charge on any atom is -0.497 e. The molecule has 8 nitrogen and oxygen atoms in total. The van der Waals surface area contributed by atoms with Crippen molar-refractivity contribution in [1.29, 1.82) is 0 Å². The van der Waals surface area contributed by atoms with E-state index >= 15 is 0 Å². The van der Waals surface area contributed by atoms with Crippen molar-refractivity contribution in [2.24, 2.45) is 0 Å². The lowest BCUT2D eigenvalue weighted by Crippen LogP contribution is -2.35. The minimum atomic E-state index is -0.332. The number of methoxy groups -OCH3 is 2. The predicted molar refractivity (Wildman–Crippen MR) is 88.5 cm³/mol. The van der Waals surface area contributed by atoms with Crippen LogP contribution in [-0.4, -0.2) is 49.5 Å². The molecule has 2 heterocycles. The third-order valence-electron chi connectivity index (χ3n) is 3.98. The van der Waals surface area contributed by atoms with Crippen LogP contribution in [0.1, 0.15) is 18.7 Å². The van der Waals surface area contributed by atoms with Gasteiger partial charge in [0.1, 0.15) is 17.6 Å². The van der Waals surface area contributed by atoms with Crippen molar-refractivity contribution in [1.82, 2.24) is 15.5 Å². The van der Waals surface area contributed by atoms with Crippen LogP contribution in [-0.2, 0) is 16.0 Å². The molecule has 8 heteroatoms. The van der Waals surface area contributed by atoms with Crippen LogP contribution >= 0.6 is 0 Å². The molecule has 2 aromatic rings. The van der Waals surface area contributed by atoms with Gasteiger partial charge in [0.25, 0.3) is 0 Å². The smallest absolute Gasteiger partial charge is 0.249 e. The highest BCUT2D eigenvalue weighted by Crippen LogP contribution is 2.31. The van der Waals surface area contributed by atoms with Gasteiger partial charge in [-0.1, -0.05) is 5.16 Å². The minimum absolute atomic E-state index is 0.0888. The van der Waals surface area contributed by atoms with E-state index in [0.717, 1.165) is 12.8 Å². The van der Waals surface area contributed by atoms with Gasteiger partial charge in [0.15, 0.2) is 0 Å². The van der Waals surface area contributed by atoms with Gasteiger partial charge >= 0.3 is 0 Å². The molecular weight excluding hydrogens is 326 g/mol. The van der Waals surface area contributed by atoms with Gasteiger partial charge in [-0.05, 0) is 25.0 Å². The normalized spacial score (nSPS) is 16.6. The predicted octanol–water partition coefficient (Wildman–Crippen LogP) is 1.59. The van der Waals surface area contributed by atoms with Crippen LogP contribution in [0.4, 0.5) is 0 Å². The third kappa shape index (κ3) is 4.08. The molecule has 1 amide bonds. The second-order valence-corrected chi connectivity index (χ2v) is 5.62. The monoisotopic (exact) mass is 347 g/mol. The summed E-state index contributed by atoms with van der Waals surface area (Å²) in [6.07, 6.45) is 1.81. The van der Waals surface area contributed by atoms with Gasteiger partial charge in [-0.3, -0.25) is 4.79 Å². The summed E-state index contributed by atoms with van der Waals surface area (Å²) in [6.45, 7) is 1.06. The lowest BCUT2D eigenvalue weighted by Gasteiger charge is -2.08. The second kappa shape index (κ2) is 7.98. The van der Waals surface area contributed by atoms with Gasteiger partial charge in [-0.15, -0.1) is 0 Å². The molecule has 1 N–H and O–H groups in total. The largest absolute Gasteiger partial charge is 0.497 e. The number of benzene rings is 1. The SMILES string of the molecule is COc1ccc(-c2noc(CCNC(=O)C3CCCO3)n2)c(OC)c1. The van der Waals surface area contributed by atoms with E-state index in [4.69, 9.17) is 18.7 Å². The molecular formula is C17H21N3O5. The lowest BCUT2D eigenvalue weighted by molar-refractivity contribution is -0.130. The first kappa shape index (κ1) is 17.2. The van der Waals surface area contributed by atoms with E-state index in [2.05, 4.69) is 15.5 Å². The third-order valence-corrected chi connectivity index (χ3v) is 3.98. The van der Waals surface area contributed by atoms with E-state index in [0.29, 0.717) is 48.4 Å². The Morgan fingerprint density at radius 3 is 2.96 bits per heavy atom. The van der Waals surface area contributed by atoms with E-state index in [9.17, 15) is 4.79 Å². The fourth-order valence-corrected chi connectivity index (χ4v) is 2.64. The van der Waals surface area contributed by atoms with Crippen molar-refractivity contribution in [3.05, 3.63) is 24.1 Å². The van der Waals surface area contributed by atoms with Gasteiger partial charge in [0, 0.05) is 25.6 Å². The molecule has 25 heavy (non-hydrogen) atoms. The molecule has 0 aliphatic carbocycles. The van der Waals surface area contributed by atoms with Crippen LogP contribution in [0.5, 0.6) is 11.5 Å². The van der Waals surface area contributed by atoms with Crippen LogP contribution in [0, 0.1) is 0 Å². The van der Waals surface area contributed by atoms with E-state index < -0.39 is 0 Å². The van der Waals surface area contributed by atoms with Crippen LogP contribution in [0.25, 0.3) is 11.4 Å². The topological polar surface area (TPSA) is 95.7 Å². The maximum atomic E-state index is 11.9. The first-order chi connectivity index (χ1) is 12.2. The summed E-state index contributed by atoms with van der Waals surface area (Å²) in [5, 5.41) is 6.81. The quantitative estimate of drug-likeness (QED) is 0.812. The first-order valence-corrected chi connectivity index (χ1v) is 8.15. The second-order valence-electron chi connectivity index (χ2n) is 5.62. The van der Waals surface area contributed by atoms with Crippen LogP contribution in [0.3, 0.4) is 0 Å². The maximum Gasteiger partial charge on any atom is 0.249 e. The summed E-state index contributed by atoms with van der Waals surface area (Å²) < 4.78 is 21.1. The Hall–Kier alpha value is -2.61. The van der Waals surface area contributed by atoms with Crippen molar-refractivity contribution in [2.45, 2.75) is 25.4 Å². The van der Waals surface area contributed by atoms with E-state index in [1.807, 2.05) is 6.07 Å². The van der Waals surface area contributed by atoms with Crippen molar-refractivity contribution < 1.29 is 23.5 Å². The van der Waals surface area contributed by atoms with Crippen LogP contribution in [0.2, 0.25) is 0 Å². The highest BCUT2D eigenvalue weighted by molar-refractivity contribution is 5.80. The number of hydrogen-bond acceptors (Lipinski definition) is 7. The molecule has 0 radical (unpaired) electrons. The summed E-state index contributed by atoms with van der Waals surface area (Å²) in [5.41, 5.74) is 0.710. The molecule has 134 valence electrons. The number of rotatable bonds is 7. The van der Waals surface area contributed by atoms with E-state index in [1.165, 1.54) is 0 Å². The zero-order valence-corrected chi connectivity index (χ0v) is 14.3. The summed E-state index contributed by atoms with van der Waals surface area (Å²) in [6, 6.07) is 5.37. The van der Waals surface area contributed by atoms with Crippen LogP contribution < -0.4 is 14.8 Å². The Morgan fingerprint density at radius 1 is 1.36 bits per heavy atom. The number of ether oxygens (including phenoxy) is 3. The van der Waals surface area contributed by atoms with Gasteiger partial charge in [0.05, 0.1) is 19.8 Å². The van der Waals surface area contributed by atoms with E-state index in [1.54, 1.807) is 26.4 Å². The van der Waals surface area contributed by atoms with Gasteiger partial charge < -0.3 is 24.1 Å². The first-order valence-electron chi connectivity index (χ1n) is 8.15. The zero-order chi connectivity index (χ0) is 17.6. The van der Waals surface area contributed by atoms with Gasteiger partial charge in [-0.25, -0.2) is 0 Å². The molecule has 0 saturated carbocycles. The summed E-state index contributed by atoms with van der Waals surface area (Å²) in [5.74, 6) is 2.06. The molecule has 3 rings (SSSR count). The number of carbonyl (C=O) groups is 1. The van der Waals surface area contributed by atoms with Crippen LogP contribution in [0.15, 0.2) is 22.7 Å². The highest BCUT2D eigenvalue weighted by atomic mass is 16.5. The average Bonchev–Trinajstić information content (AvgIpc) is 3.33. The molecule has 1 aromatic heterocycles. The Kier molecular flexibility index (Phi) is 5.49. The number of hydrogen-bond donors (Lipinski definition) is 1. The fourth-order valence-electron chi connectivity index (χ4n) is 2.64. The molecule has 1 aliphatic rings. The van der Waals surface area contributed by atoms with Crippen molar-refractivity contribution in [2.75, 3.05) is 27.4 Å². The average molecular weight is 347 g/mol.